The second-order valence-electron chi connectivity index (χ2n) is 6.78. The first-order chi connectivity index (χ1) is 15.3. The molecule has 0 aliphatic heterocycles. The number of methoxy groups -OCH3 is 3. The summed E-state index contributed by atoms with van der Waals surface area (Å²) >= 11 is 0. The number of ether oxygens (including phenoxy) is 3. The summed E-state index contributed by atoms with van der Waals surface area (Å²) in [7, 11) is 4.55. The largest absolute Gasteiger partial charge is 0.493 e. The van der Waals surface area contributed by atoms with Gasteiger partial charge in [-0.05, 0) is 35.4 Å². The Labute approximate surface area is 181 Å². The van der Waals surface area contributed by atoms with Crippen molar-refractivity contribution < 1.29 is 27.4 Å². The summed E-state index contributed by atoms with van der Waals surface area (Å²) < 4.78 is 56.3. The summed E-state index contributed by atoms with van der Waals surface area (Å²) in [6.07, 6.45) is -2.63. The van der Waals surface area contributed by atoms with E-state index in [2.05, 4.69) is 15.5 Å². The smallest absolute Gasteiger partial charge is 0.416 e. The predicted molar refractivity (Wildman–Crippen MR) is 113 cm³/mol. The van der Waals surface area contributed by atoms with E-state index in [1.807, 2.05) is 0 Å². The molecule has 2 aromatic heterocycles. The van der Waals surface area contributed by atoms with E-state index >= 15 is 0 Å². The van der Waals surface area contributed by atoms with E-state index in [0.717, 1.165) is 12.1 Å². The molecule has 166 valence electrons. The van der Waals surface area contributed by atoms with Gasteiger partial charge >= 0.3 is 6.18 Å². The van der Waals surface area contributed by atoms with Crippen LogP contribution in [0.4, 0.5) is 24.8 Å². The van der Waals surface area contributed by atoms with E-state index in [0.29, 0.717) is 45.7 Å². The third-order valence-electron chi connectivity index (χ3n) is 4.87. The van der Waals surface area contributed by atoms with Gasteiger partial charge in [0.1, 0.15) is 0 Å². The molecule has 0 aliphatic carbocycles. The minimum atomic E-state index is -4.38. The van der Waals surface area contributed by atoms with Crippen LogP contribution >= 0.6 is 0 Å². The van der Waals surface area contributed by atoms with Gasteiger partial charge < -0.3 is 19.5 Å². The molecule has 0 saturated carbocycles. The fourth-order valence-corrected chi connectivity index (χ4v) is 3.28. The van der Waals surface area contributed by atoms with Crippen molar-refractivity contribution in [3.05, 3.63) is 60.3 Å². The van der Waals surface area contributed by atoms with Crippen molar-refractivity contribution in [1.29, 1.82) is 0 Å². The maximum absolute atomic E-state index is 12.8. The van der Waals surface area contributed by atoms with Gasteiger partial charge in [0.25, 0.3) is 0 Å². The molecule has 0 aliphatic rings. The van der Waals surface area contributed by atoms with Crippen LogP contribution in [0, 0.1) is 0 Å². The minimum Gasteiger partial charge on any atom is -0.493 e. The summed E-state index contributed by atoms with van der Waals surface area (Å²) in [6.45, 7) is 0. The lowest BCUT2D eigenvalue weighted by Crippen LogP contribution is -2.04. The Morgan fingerprint density at radius 3 is 2.00 bits per heavy atom. The number of alkyl halides is 3. The quantitative estimate of drug-likeness (QED) is 0.442. The van der Waals surface area contributed by atoms with Gasteiger partial charge in [0.05, 0.1) is 26.9 Å². The first kappa shape index (κ1) is 21.3. The summed E-state index contributed by atoms with van der Waals surface area (Å²) in [5.74, 6) is 1.79. The summed E-state index contributed by atoms with van der Waals surface area (Å²) in [5.41, 5.74) is 1.83. The molecule has 0 spiro atoms. The predicted octanol–water partition coefficient (Wildman–Crippen LogP) is 5.18. The summed E-state index contributed by atoms with van der Waals surface area (Å²) in [6, 6.07) is 11.9. The Kier molecular flexibility index (Phi) is 5.52. The van der Waals surface area contributed by atoms with E-state index in [1.165, 1.54) is 33.5 Å². The standard InChI is InChI=1S/C22H19F3N4O3/c1-30-17-10-16(11-18(31-2)20(17)32-3)26-21-28-27-19-9-6-14(12-29(19)21)13-4-7-15(8-5-13)22(23,24)25/h4-12H,1-3H3,(H,26,28). The zero-order valence-electron chi connectivity index (χ0n) is 17.4. The molecule has 7 nitrogen and oxygen atoms in total. The van der Waals surface area contributed by atoms with E-state index < -0.39 is 11.7 Å². The summed E-state index contributed by atoms with van der Waals surface area (Å²) in [5, 5.41) is 11.5. The zero-order valence-corrected chi connectivity index (χ0v) is 17.4. The second-order valence-corrected chi connectivity index (χ2v) is 6.78. The number of anilines is 2. The van der Waals surface area contributed by atoms with Crippen LogP contribution < -0.4 is 19.5 Å². The highest BCUT2D eigenvalue weighted by Gasteiger charge is 2.30. The fourth-order valence-electron chi connectivity index (χ4n) is 3.28. The molecule has 0 saturated heterocycles. The molecule has 0 atom stereocenters. The molecular weight excluding hydrogens is 425 g/mol. The highest BCUT2D eigenvalue weighted by atomic mass is 19.4. The number of benzene rings is 2. The van der Waals surface area contributed by atoms with Crippen LogP contribution in [0.25, 0.3) is 16.8 Å². The highest BCUT2D eigenvalue weighted by Crippen LogP contribution is 2.40. The molecule has 0 radical (unpaired) electrons. The molecule has 2 heterocycles. The van der Waals surface area contributed by atoms with Gasteiger partial charge in [-0.1, -0.05) is 12.1 Å². The van der Waals surface area contributed by atoms with Crippen LogP contribution in [0.15, 0.2) is 54.7 Å². The van der Waals surface area contributed by atoms with Crippen LogP contribution in [0.1, 0.15) is 5.56 Å². The van der Waals surface area contributed by atoms with Crippen LogP contribution in [0.5, 0.6) is 17.2 Å². The molecule has 4 aromatic rings. The molecule has 4 rings (SSSR count). The molecular formula is C22H19F3N4O3. The average Bonchev–Trinajstić information content (AvgIpc) is 3.19. The minimum absolute atomic E-state index is 0.406. The van der Waals surface area contributed by atoms with E-state index in [-0.39, 0.29) is 0 Å². The number of hydrogen-bond donors (Lipinski definition) is 1. The number of fused-ring (bicyclic) bond motifs is 1. The lowest BCUT2D eigenvalue weighted by molar-refractivity contribution is -0.137. The number of nitrogens with zero attached hydrogens (tertiary/aromatic N) is 3. The van der Waals surface area contributed by atoms with E-state index in [9.17, 15) is 13.2 Å². The molecule has 0 amide bonds. The van der Waals surface area contributed by atoms with Gasteiger partial charge in [-0.25, -0.2) is 0 Å². The van der Waals surface area contributed by atoms with Crippen molar-refractivity contribution in [3.63, 3.8) is 0 Å². The number of rotatable bonds is 6. The van der Waals surface area contributed by atoms with Gasteiger partial charge in [-0.3, -0.25) is 4.40 Å². The molecule has 32 heavy (non-hydrogen) atoms. The lowest BCUT2D eigenvalue weighted by Gasteiger charge is -2.14. The zero-order chi connectivity index (χ0) is 22.9. The molecule has 1 N–H and O–H groups in total. The number of halogens is 3. The number of pyridine rings is 1. The topological polar surface area (TPSA) is 69.9 Å². The van der Waals surface area contributed by atoms with E-state index in [4.69, 9.17) is 14.2 Å². The number of nitrogens with one attached hydrogen (secondary N) is 1. The van der Waals surface area contributed by atoms with Gasteiger partial charge in [-0.15, -0.1) is 10.2 Å². The van der Waals surface area contributed by atoms with Crippen molar-refractivity contribution in [2.75, 3.05) is 26.6 Å². The second kappa shape index (κ2) is 8.29. The van der Waals surface area contributed by atoms with Crippen molar-refractivity contribution >= 4 is 17.3 Å². The first-order valence-electron chi connectivity index (χ1n) is 9.43. The third kappa shape index (κ3) is 3.98. The molecule has 0 unspecified atom stereocenters. The van der Waals surface area contributed by atoms with Crippen molar-refractivity contribution in [2.45, 2.75) is 6.18 Å². The summed E-state index contributed by atoms with van der Waals surface area (Å²) in [4.78, 5) is 0. The Morgan fingerprint density at radius 1 is 0.812 bits per heavy atom. The lowest BCUT2D eigenvalue weighted by atomic mass is 10.1. The van der Waals surface area contributed by atoms with Gasteiger partial charge in [0.15, 0.2) is 17.1 Å². The average molecular weight is 444 g/mol. The third-order valence-corrected chi connectivity index (χ3v) is 4.87. The maximum Gasteiger partial charge on any atom is 0.416 e. The van der Waals surface area contributed by atoms with Gasteiger partial charge in [0.2, 0.25) is 11.7 Å². The molecule has 2 aromatic carbocycles. The van der Waals surface area contributed by atoms with Gasteiger partial charge in [-0.2, -0.15) is 13.2 Å². The fraction of sp³-hybridized carbons (Fsp3) is 0.182. The van der Waals surface area contributed by atoms with Crippen LogP contribution in [-0.4, -0.2) is 35.9 Å². The monoisotopic (exact) mass is 444 g/mol. The maximum atomic E-state index is 12.8. The Balaban J connectivity index is 1.70. The Hall–Kier alpha value is -3.95. The molecule has 0 fully saturated rings. The molecule has 10 heteroatoms. The van der Waals surface area contributed by atoms with Crippen molar-refractivity contribution in [1.82, 2.24) is 14.6 Å². The Morgan fingerprint density at radius 2 is 1.44 bits per heavy atom. The van der Waals surface area contributed by atoms with Crippen molar-refractivity contribution in [2.24, 2.45) is 0 Å². The van der Waals surface area contributed by atoms with Crippen molar-refractivity contribution in [3.8, 4) is 28.4 Å². The Bertz CT molecular complexity index is 1230. The first-order valence-corrected chi connectivity index (χ1v) is 9.43. The SMILES string of the molecule is COc1cc(Nc2nnc3ccc(-c4ccc(C(F)(F)F)cc4)cn23)cc(OC)c1OC. The highest BCUT2D eigenvalue weighted by molar-refractivity contribution is 5.69. The van der Waals surface area contributed by atoms with Gasteiger partial charge in [0, 0.05) is 24.0 Å². The molecule has 0 bridgehead atoms. The van der Waals surface area contributed by atoms with Crippen LogP contribution in [-0.2, 0) is 6.18 Å². The normalized spacial score (nSPS) is 11.4. The number of aromatic nitrogens is 3. The number of hydrogen-bond acceptors (Lipinski definition) is 6. The van der Waals surface area contributed by atoms with Crippen LogP contribution in [0.2, 0.25) is 0 Å². The van der Waals surface area contributed by atoms with Crippen LogP contribution in [0.3, 0.4) is 0 Å². The van der Waals surface area contributed by atoms with E-state index in [1.54, 1.807) is 34.9 Å².